The number of methoxy groups -OCH3 is 1. The van der Waals surface area contributed by atoms with E-state index in [-0.39, 0.29) is 5.91 Å². The van der Waals surface area contributed by atoms with Crippen molar-refractivity contribution >= 4 is 28.4 Å². The molecule has 2 heterocycles. The fourth-order valence-corrected chi connectivity index (χ4v) is 3.70. The second-order valence-electron chi connectivity index (χ2n) is 7.72. The lowest BCUT2D eigenvalue weighted by atomic mass is 10.0. The van der Waals surface area contributed by atoms with Crippen LogP contribution in [0.15, 0.2) is 42.6 Å². The molecule has 0 saturated carbocycles. The maximum atomic E-state index is 12.8. The van der Waals surface area contributed by atoms with Crippen LogP contribution in [0.2, 0.25) is 0 Å². The highest BCUT2D eigenvalue weighted by Crippen LogP contribution is 2.30. The van der Waals surface area contributed by atoms with Gasteiger partial charge in [-0.3, -0.25) is 4.79 Å². The molecule has 0 spiro atoms. The number of rotatable bonds is 5. The van der Waals surface area contributed by atoms with E-state index in [1.165, 1.54) is 5.56 Å². The van der Waals surface area contributed by atoms with E-state index >= 15 is 0 Å². The Balaban J connectivity index is 1.61. The highest BCUT2D eigenvalue weighted by atomic mass is 16.5. The van der Waals surface area contributed by atoms with E-state index in [0.717, 1.165) is 29.7 Å². The highest BCUT2D eigenvalue weighted by Gasteiger charge is 2.19. The van der Waals surface area contributed by atoms with Gasteiger partial charge in [-0.05, 0) is 29.7 Å². The molecule has 1 saturated heterocycles. The van der Waals surface area contributed by atoms with Crippen molar-refractivity contribution in [2.24, 2.45) is 0 Å². The molecule has 7 nitrogen and oxygen atoms in total. The molecule has 7 heteroatoms. The highest BCUT2D eigenvalue weighted by molar-refractivity contribution is 5.95. The Morgan fingerprint density at radius 3 is 2.73 bits per heavy atom. The van der Waals surface area contributed by atoms with Crippen molar-refractivity contribution in [1.29, 1.82) is 0 Å². The SMILES string of the molecule is COc1cc(C(=O)N2CCNCC2)ccc1Nc1ncc2cccc(C(C)C)c2n1. The Labute approximate surface area is 176 Å². The minimum atomic E-state index is 0.0184. The van der Waals surface area contributed by atoms with Gasteiger partial charge in [0.25, 0.3) is 5.91 Å². The number of fused-ring (bicyclic) bond motifs is 1. The summed E-state index contributed by atoms with van der Waals surface area (Å²) in [4.78, 5) is 23.8. The standard InChI is InChI=1S/C23H27N5O2/c1-15(2)18-6-4-5-17-14-25-23(27-21(17)18)26-19-8-7-16(13-20(19)30-3)22(29)28-11-9-24-10-12-28/h4-8,13-15,24H,9-12H2,1-3H3,(H,25,26,27). The number of aromatic nitrogens is 2. The summed E-state index contributed by atoms with van der Waals surface area (Å²) in [6.45, 7) is 7.37. The Morgan fingerprint density at radius 2 is 2.00 bits per heavy atom. The van der Waals surface area contributed by atoms with Crippen LogP contribution < -0.4 is 15.4 Å². The van der Waals surface area contributed by atoms with E-state index in [4.69, 9.17) is 9.72 Å². The fraction of sp³-hybridized carbons (Fsp3) is 0.348. The van der Waals surface area contributed by atoms with Crippen molar-refractivity contribution in [3.05, 3.63) is 53.7 Å². The summed E-state index contributed by atoms with van der Waals surface area (Å²) in [7, 11) is 1.59. The molecular weight excluding hydrogens is 378 g/mol. The third-order valence-corrected chi connectivity index (χ3v) is 5.36. The first-order valence-corrected chi connectivity index (χ1v) is 10.3. The molecule has 1 aliphatic rings. The molecule has 1 aliphatic heterocycles. The number of hydrogen-bond donors (Lipinski definition) is 2. The first-order valence-electron chi connectivity index (χ1n) is 10.3. The normalized spacial score (nSPS) is 14.2. The predicted molar refractivity (Wildman–Crippen MR) is 119 cm³/mol. The van der Waals surface area contributed by atoms with Crippen molar-refractivity contribution in [3.63, 3.8) is 0 Å². The number of anilines is 2. The zero-order chi connectivity index (χ0) is 21.1. The summed E-state index contributed by atoms with van der Waals surface area (Å²) in [6, 6.07) is 11.6. The van der Waals surface area contributed by atoms with Crippen LogP contribution in [0.25, 0.3) is 10.9 Å². The van der Waals surface area contributed by atoms with Gasteiger partial charge in [0.05, 0.1) is 18.3 Å². The fourth-order valence-electron chi connectivity index (χ4n) is 3.70. The quantitative estimate of drug-likeness (QED) is 0.676. The molecule has 2 N–H and O–H groups in total. The van der Waals surface area contributed by atoms with Crippen LogP contribution in [0.1, 0.15) is 35.7 Å². The molecule has 0 aliphatic carbocycles. The number of carbonyl (C=O) groups is 1. The van der Waals surface area contributed by atoms with Crippen LogP contribution in [0, 0.1) is 0 Å². The number of ether oxygens (including phenoxy) is 1. The van der Waals surface area contributed by atoms with Crippen molar-refractivity contribution in [3.8, 4) is 5.75 Å². The summed E-state index contributed by atoms with van der Waals surface area (Å²) in [5.74, 6) is 1.46. The maximum Gasteiger partial charge on any atom is 0.254 e. The Bertz CT molecular complexity index is 1060. The Morgan fingerprint density at radius 1 is 1.20 bits per heavy atom. The largest absolute Gasteiger partial charge is 0.495 e. The van der Waals surface area contributed by atoms with E-state index in [9.17, 15) is 4.79 Å². The summed E-state index contributed by atoms with van der Waals surface area (Å²) in [5.41, 5.74) is 3.45. The van der Waals surface area contributed by atoms with Crippen molar-refractivity contribution < 1.29 is 9.53 Å². The molecule has 4 rings (SSSR count). The van der Waals surface area contributed by atoms with Gasteiger partial charge in [0.1, 0.15) is 5.75 Å². The van der Waals surface area contributed by atoms with E-state index in [0.29, 0.717) is 36.3 Å². The number of carbonyl (C=O) groups excluding carboxylic acids is 1. The average Bonchev–Trinajstić information content (AvgIpc) is 2.79. The van der Waals surface area contributed by atoms with Gasteiger partial charge in [-0.25, -0.2) is 9.97 Å². The van der Waals surface area contributed by atoms with Gasteiger partial charge in [-0.1, -0.05) is 32.0 Å². The summed E-state index contributed by atoms with van der Waals surface area (Å²) in [5, 5.41) is 7.52. The summed E-state index contributed by atoms with van der Waals surface area (Å²) < 4.78 is 5.54. The summed E-state index contributed by atoms with van der Waals surface area (Å²) >= 11 is 0. The van der Waals surface area contributed by atoms with Crippen molar-refractivity contribution in [2.45, 2.75) is 19.8 Å². The molecule has 1 amide bonds. The second kappa shape index (κ2) is 8.67. The molecule has 0 atom stereocenters. The number of piperazine rings is 1. The molecule has 2 aromatic carbocycles. The molecule has 3 aromatic rings. The number of nitrogens with zero attached hydrogens (tertiary/aromatic N) is 3. The average molecular weight is 406 g/mol. The first-order chi connectivity index (χ1) is 14.6. The van der Waals surface area contributed by atoms with Gasteiger partial charge < -0.3 is 20.3 Å². The van der Waals surface area contributed by atoms with Crippen molar-refractivity contribution in [1.82, 2.24) is 20.2 Å². The molecule has 1 aromatic heterocycles. The van der Waals surface area contributed by atoms with Crippen LogP contribution in [0.5, 0.6) is 5.75 Å². The van der Waals surface area contributed by atoms with Crippen LogP contribution >= 0.6 is 0 Å². The zero-order valence-electron chi connectivity index (χ0n) is 17.6. The zero-order valence-corrected chi connectivity index (χ0v) is 17.6. The minimum absolute atomic E-state index is 0.0184. The van der Waals surface area contributed by atoms with Gasteiger partial charge in [0.15, 0.2) is 0 Å². The van der Waals surface area contributed by atoms with E-state index < -0.39 is 0 Å². The lowest BCUT2D eigenvalue weighted by Gasteiger charge is -2.27. The lowest BCUT2D eigenvalue weighted by molar-refractivity contribution is 0.0735. The number of hydrogen-bond acceptors (Lipinski definition) is 6. The van der Waals surface area contributed by atoms with Crippen LogP contribution in [0.4, 0.5) is 11.6 Å². The predicted octanol–water partition coefficient (Wildman–Crippen LogP) is 3.55. The van der Waals surface area contributed by atoms with E-state index in [1.54, 1.807) is 13.2 Å². The van der Waals surface area contributed by atoms with Crippen LogP contribution in [0.3, 0.4) is 0 Å². The Hall–Kier alpha value is -3.19. The molecule has 0 bridgehead atoms. The molecule has 30 heavy (non-hydrogen) atoms. The van der Waals surface area contributed by atoms with Crippen molar-refractivity contribution in [2.75, 3.05) is 38.6 Å². The molecule has 0 radical (unpaired) electrons. The topological polar surface area (TPSA) is 79.4 Å². The van der Waals surface area contributed by atoms with Gasteiger partial charge in [-0.15, -0.1) is 0 Å². The van der Waals surface area contributed by atoms with Gasteiger partial charge in [-0.2, -0.15) is 0 Å². The second-order valence-corrected chi connectivity index (χ2v) is 7.72. The van der Waals surface area contributed by atoms with Gasteiger partial charge in [0.2, 0.25) is 5.95 Å². The Kier molecular flexibility index (Phi) is 5.81. The third kappa shape index (κ3) is 4.07. The summed E-state index contributed by atoms with van der Waals surface area (Å²) in [6.07, 6.45) is 1.82. The number of benzene rings is 2. The molecule has 156 valence electrons. The monoisotopic (exact) mass is 405 g/mol. The number of amides is 1. The molecule has 0 unspecified atom stereocenters. The molecular formula is C23H27N5O2. The lowest BCUT2D eigenvalue weighted by Crippen LogP contribution is -2.46. The van der Waals surface area contributed by atoms with E-state index in [1.807, 2.05) is 35.4 Å². The van der Waals surface area contributed by atoms with Crippen LogP contribution in [-0.4, -0.2) is 54.1 Å². The minimum Gasteiger partial charge on any atom is -0.495 e. The van der Waals surface area contributed by atoms with Gasteiger partial charge in [0, 0.05) is 43.3 Å². The number of nitrogens with one attached hydrogen (secondary N) is 2. The smallest absolute Gasteiger partial charge is 0.254 e. The first kappa shape index (κ1) is 20.1. The van der Waals surface area contributed by atoms with E-state index in [2.05, 4.69) is 35.5 Å². The molecule has 1 fully saturated rings. The van der Waals surface area contributed by atoms with Crippen LogP contribution in [-0.2, 0) is 0 Å². The van der Waals surface area contributed by atoms with Gasteiger partial charge >= 0.3 is 0 Å². The number of para-hydroxylation sites is 1. The maximum absolute atomic E-state index is 12.8. The third-order valence-electron chi connectivity index (χ3n) is 5.36.